The predicted octanol–water partition coefficient (Wildman–Crippen LogP) is 2.04. The van der Waals surface area contributed by atoms with E-state index in [0.29, 0.717) is 30.0 Å². The van der Waals surface area contributed by atoms with Gasteiger partial charge in [0.2, 0.25) is 0 Å². The summed E-state index contributed by atoms with van der Waals surface area (Å²) in [5.41, 5.74) is 1.28. The number of hydrogen-bond acceptors (Lipinski definition) is 6. The first-order chi connectivity index (χ1) is 12.5. The number of pyridine rings is 1. The number of carbonyl (C=O) groups excluding carboxylic acids is 1. The molecule has 1 amide bonds. The number of halogens is 1. The Kier molecular flexibility index (Phi) is 7.21. The molecule has 0 aliphatic heterocycles. The molecule has 1 unspecified atom stereocenters. The lowest BCUT2D eigenvalue weighted by Crippen LogP contribution is -2.31. The number of ether oxygens (including phenoxy) is 2. The van der Waals surface area contributed by atoms with E-state index in [1.165, 1.54) is 19.4 Å². The van der Waals surface area contributed by atoms with Crippen molar-refractivity contribution in [2.75, 3.05) is 20.3 Å². The molecule has 0 fully saturated rings. The average molecular weight is 376 g/mol. The topological polar surface area (TPSA) is 104 Å². The fraction of sp³-hybridized carbons (Fsp3) is 0.278. The lowest BCUT2D eigenvalue weighted by molar-refractivity contribution is -0.129. The highest BCUT2D eigenvalue weighted by molar-refractivity contribution is 6.29. The maximum atomic E-state index is 12.0. The quantitative estimate of drug-likeness (QED) is 0.684. The summed E-state index contributed by atoms with van der Waals surface area (Å²) in [5.74, 6) is 0.471. The molecule has 0 spiro atoms. The van der Waals surface area contributed by atoms with Crippen molar-refractivity contribution in [3.05, 3.63) is 52.8 Å². The number of carbonyl (C=O) groups is 1. The van der Waals surface area contributed by atoms with Crippen LogP contribution >= 0.6 is 11.6 Å². The summed E-state index contributed by atoms with van der Waals surface area (Å²) in [4.78, 5) is 15.9. The second-order valence-corrected chi connectivity index (χ2v) is 5.68. The summed E-state index contributed by atoms with van der Waals surface area (Å²) >= 11 is 5.68. The van der Waals surface area contributed by atoms with Crippen LogP contribution in [0.2, 0.25) is 5.15 Å². The van der Waals surface area contributed by atoms with E-state index in [1.54, 1.807) is 18.2 Å². The van der Waals surface area contributed by atoms with Crippen LogP contribution in [-0.4, -0.2) is 36.3 Å². The van der Waals surface area contributed by atoms with Gasteiger partial charge in [0, 0.05) is 18.3 Å². The van der Waals surface area contributed by atoms with Gasteiger partial charge >= 0.3 is 0 Å². The van der Waals surface area contributed by atoms with Gasteiger partial charge in [0.05, 0.1) is 7.11 Å². The van der Waals surface area contributed by atoms with E-state index in [0.717, 1.165) is 5.56 Å². The smallest absolute Gasteiger partial charge is 0.253 e. The molecule has 2 rings (SSSR count). The Balaban J connectivity index is 1.89. The molecule has 1 heterocycles. The Morgan fingerprint density at radius 1 is 1.38 bits per heavy atom. The van der Waals surface area contributed by atoms with Crippen LogP contribution in [0.4, 0.5) is 0 Å². The molecule has 2 aromatic rings. The number of nitrogens with zero attached hydrogens (tertiary/aromatic N) is 2. The highest BCUT2D eigenvalue weighted by Gasteiger charge is 2.17. The van der Waals surface area contributed by atoms with E-state index in [9.17, 15) is 9.90 Å². The van der Waals surface area contributed by atoms with Gasteiger partial charge in [-0.2, -0.15) is 5.26 Å². The predicted molar refractivity (Wildman–Crippen MR) is 95.0 cm³/mol. The lowest BCUT2D eigenvalue weighted by atomic mass is 10.1. The molecular weight excluding hydrogens is 358 g/mol. The summed E-state index contributed by atoms with van der Waals surface area (Å²) in [7, 11) is 1.51. The molecule has 0 bridgehead atoms. The van der Waals surface area contributed by atoms with E-state index in [4.69, 9.17) is 26.3 Å². The van der Waals surface area contributed by atoms with Crippen molar-refractivity contribution in [3.63, 3.8) is 0 Å². The molecule has 1 aromatic carbocycles. The third kappa shape index (κ3) is 5.34. The Bertz CT molecular complexity index is 790. The zero-order valence-corrected chi connectivity index (χ0v) is 14.9. The number of amides is 1. The Morgan fingerprint density at radius 3 is 2.85 bits per heavy atom. The van der Waals surface area contributed by atoms with Crippen molar-refractivity contribution >= 4 is 17.5 Å². The highest BCUT2D eigenvalue weighted by atomic mass is 35.5. The van der Waals surface area contributed by atoms with Crippen LogP contribution in [0.15, 0.2) is 36.5 Å². The number of rotatable bonds is 8. The van der Waals surface area contributed by atoms with Crippen LogP contribution in [0.1, 0.15) is 17.2 Å². The van der Waals surface area contributed by atoms with Crippen molar-refractivity contribution in [3.8, 4) is 17.6 Å². The molecule has 8 heteroatoms. The van der Waals surface area contributed by atoms with Gasteiger partial charge < -0.3 is 19.9 Å². The Morgan fingerprint density at radius 2 is 2.19 bits per heavy atom. The van der Waals surface area contributed by atoms with Crippen LogP contribution < -0.4 is 14.8 Å². The minimum Gasteiger partial charge on any atom is -0.493 e. The molecular formula is C18H18ClN3O4. The van der Waals surface area contributed by atoms with Crippen molar-refractivity contribution in [1.82, 2.24) is 10.3 Å². The number of aromatic nitrogens is 1. The van der Waals surface area contributed by atoms with E-state index < -0.39 is 12.0 Å². The minimum absolute atomic E-state index is 0.0663. The summed E-state index contributed by atoms with van der Waals surface area (Å²) < 4.78 is 10.5. The van der Waals surface area contributed by atoms with Crippen LogP contribution in [-0.2, 0) is 11.2 Å². The van der Waals surface area contributed by atoms with Gasteiger partial charge in [-0.05, 0) is 30.2 Å². The first-order valence-electron chi connectivity index (χ1n) is 7.79. The minimum atomic E-state index is -1.31. The molecule has 2 N–H and O–H groups in total. The van der Waals surface area contributed by atoms with E-state index in [2.05, 4.69) is 10.3 Å². The number of benzene rings is 1. The molecule has 0 saturated heterocycles. The number of aliphatic hydroxyl groups excluding tert-OH is 1. The third-order valence-electron chi connectivity index (χ3n) is 3.55. The monoisotopic (exact) mass is 375 g/mol. The fourth-order valence-corrected chi connectivity index (χ4v) is 2.34. The van der Waals surface area contributed by atoms with Gasteiger partial charge in [-0.15, -0.1) is 0 Å². The normalized spacial score (nSPS) is 11.3. The maximum Gasteiger partial charge on any atom is 0.253 e. The van der Waals surface area contributed by atoms with Crippen molar-refractivity contribution in [1.29, 1.82) is 5.26 Å². The Hall–Kier alpha value is -2.82. The largest absolute Gasteiger partial charge is 0.493 e. The molecule has 0 saturated carbocycles. The number of nitrogens with one attached hydrogen (secondary N) is 1. The molecule has 0 aliphatic rings. The zero-order valence-electron chi connectivity index (χ0n) is 14.1. The van der Waals surface area contributed by atoms with Gasteiger partial charge in [0.1, 0.15) is 11.2 Å². The summed E-state index contributed by atoms with van der Waals surface area (Å²) in [6.07, 6.45) is 0.583. The van der Waals surface area contributed by atoms with Crippen molar-refractivity contribution < 1.29 is 19.4 Å². The molecule has 0 radical (unpaired) electrons. The second-order valence-electron chi connectivity index (χ2n) is 5.29. The number of aliphatic hydroxyl groups is 1. The van der Waals surface area contributed by atoms with E-state index >= 15 is 0 Å². The molecule has 7 nitrogen and oxygen atoms in total. The van der Waals surface area contributed by atoms with Gasteiger partial charge in [-0.3, -0.25) is 4.79 Å². The van der Waals surface area contributed by atoms with Gasteiger partial charge in [-0.1, -0.05) is 23.7 Å². The van der Waals surface area contributed by atoms with Crippen LogP contribution in [0.5, 0.6) is 11.5 Å². The summed E-state index contributed by atoms with van der Waals surface area (Å²) in [5, 5.41) is 21.5. The molecule has 1 aromatic heterocycles. The van der Waals surface area contributed by atoms with E-state index in [1.807, 2.05) is 12.1 Å². The second kappa shape index (κ2) is 9.61. The van der Waals surface area contributed by atoms with E-state index in [-0.39, 0.29) is 11.8 Å². The maximum absolute atomic E-state index is 12.0. The Labute approximate surface area is 156 Å². The first kappa shape index (κ1) is 19.5. The molecule has 136 valence electrons. The number of methoxy groups -OCH3 is 1. The standard InChI is InChI=1S/C18H18ClN3O4/c1-25-15-10-12(2-4-14(15)26-9-7-20)6-8-21-18(24)17(23)13-3-5-16(19)22-11-13/h2-5,10-11,17,23H,6,8-9H2,1H3,(H,21,24). The molecule has 1 atom stereocenters. The third-order valence-corrected chi connectivity index (χ3v) is 3.77. The van der Waals surface area contributed by atoms with Crippen molar-refractivity contribution in [2.45, 2.75) is 12.5 Å². The average Bonchev–Trinajstić information content (AvgIpc) is 2.66. The lowest BCUT2D eigenvalue weighted by Gasteiger charge is -2.13. The molecule has 0 aliphatic carbocycles. The summed E-state index contributed by atoms with van der Waals surface area (Å²) in [6, 6.07) is 10.3. The number of nitriles is 1. The summed E-state index contributed by atoms with van der Waals surface area (Å²) in [6.45, 7) is 0.266. The highest BCUT2D eigenvalue weighted by Crippen LogP contribution is 2.28. The van der Waals surface area contributed by atoms with Crippen LogP contribution in [0, 0.1) is 11.3 Å². The first-order valence-corrected chi connectivity index (χ1v) is 8.17. The van der Waals surface area contributed by atoms with Gasteiger partial charge in [0.25, 0.3) is 5.91 Å². The van der Waals surface area contributed by atoms with Gasteiger partial charge in [-0.25, -0.2) is 4.98 Å². The number of hydrogen-bond donors (Lipinski definition) is 2. The van der Waals surface area contributed by atoms with Crippen LogP contribution in [0.25, 0.3) is 0 Å². The van der Waals surface area contributed by atoms with Crippen LogP contribution in [0.3, 0.4) is 0 Å². The molecule has 26 heavy (non-hydrogen) atoms. The zero-order chi connectivity index (χ0) is 18.9. The van der Waals surface area contributed by atoms with Gasteiger partial charge in [0.15, 0.2) is 24.2 Å². The SMILES string of the molecule is COc1cc(CCNC(=O)C(O)c2ccc(Cl)nc2)ccc1OCC#N. The van der Waals surface area contributed by atoms with Crippen molar-refractivity contribution in [2.24, 2.45) is 0 Å². The fourth-order valence-electron chi connectivity index (χ4n) is 2.22.